The van der Waals surface area contributed by atoms with E-state index in [1.54, 1.807) is 26.4 Å². The smallest absolute Gasteiger partial charge is 0.213 e. The van der Waals surface area contributed by atoms with Gasteiger partial charge < -0.3 is 15.4 Å². The van der Waals surface area contributed by atoms with Crippen molar-refractivity contribution in [3.63, 3.8) is 0 Å². The Hall–Kier alpha value is -1.98. The Bertz CT molecular complexity index is 721. The van der Waals surface area contributed by atoms with Crippen molar-refractivity contribution in [3.8, 4) is 5.88 Å². The molecule has 2 rings (SSSR count). The molecule has 0 amide bonds. The van der Waals surface area contributed by atoms with Crippen LogP contribution in [-0.4, -0.2) is 25.1 Å². The fourth-order valence-corrected chi connectivity index (χ4v) is 2.76. The largest absolute Gasteiger partial charge is 0.481 e. The molecule has 1 unspecified atom stereocenters. The number of hydrogen-bond acceptors (Lipinski definition) is 3. The number of nitrogens with one attached hydrogen (secondary N) is 2. The summed E-state index contributed by atoms with van der Waals surface area (Å²) in [5, 5.41) is 7.80. The van der Waals surface area contributed by atoms with Crippen molar-refractivity contribution < 1.29 is 4.74 Å². The first kappa shape index (κ1) is 18.4. The summed E-state index contributed by atoms with van der Waals surface area (Å²) in [5.74, 6) is 1.25. The predicted molar refractivity (Wildman–Crippen MR) is 99.0 cm³/mol. The number of rotatable bonds is 5. The fourth-order valence-electron chi connectivity index (χ4n) is 2.19. The Labute approximate surface area is 152 Å². The number of benzene rings is 1. The molecule has 1 atom stereocenters. The van der Waals surface area contributed by atoms with Crippen molar-refractivity contribution >= 4 is 29.2 Å². The maximum atomic E-state index is 6.25. The molecule has 1 heterocycles. The first-order chi connectivity index (χ1) is 11.5. The van der Waals surface area contributed by atoms with Crippen LogP contribution < -0.4 is 15.4 Å². The SMILES string of the molecule is CN=C(NCc1ccnc(OC)c1)NC(C)c1ccc(Cl)cc1Cl. The van der Waals surface area contributed by atoms with Crippen LogP contribution in [0.3, 0.4) is 0 Å². The highest BCUT2D eigenvalue weighted by Crippen LogP contribution is 2.25. The highest BCUT2D eigenvalue weighted by molar-refractivity contribution is 6.35. The molecule has 0 aliphatic rings. The second-order valence-electron chi connectivity index (χ2n) is 5.16. The van der Waals surface area contributed by atoms with Crippen molar-refractivity contribution in [2.45, 2.75) is 19.5 Å². The fraction of sp³-hybridized carbons (Fsp3) is 0.294. The zero-order valence-electron chi connectivity index (χ0n) is 13.8. The number of hydrogen-bond donors (Lipinski definition) is 2. The van der Waals surface area contributed by atoms with Crippen molar-refractivity contribution in [1.82, 2.24) is 15.6 Å². The summed E-state index contributed by atoms with van der Waals surface area (Å²) in [6.07, 6.45) is 1.71. The molecule has 0 spiro atoms. The van der Waals surface area contributed by atoms with Crippen molar-refractivity contribution in [3.05, 3.63) is 57.7 Å². The molecule has 24 heavy (non-hydrogen) atoms. The topological polar surface area (TPSA) is 58.5 Å². The van der Waals surface area contributed by atoms with E-state index in [1.165, 1.54) is 0 Å². The Morgan fingerprint density at radius 1 is 1.29 bits per heavy atom. The lowest BCUT2D eigenvalue weighted by Crippen LogP contribution is -2.38. The molecular weight excluding hydrogens is 347 g/mol. The summed E-state index contributed by atoms with van der Waals surface area (Å²) in [6.45, 7) is 2.61. The van der Waals surface area contributed by atoms with Gasteiger partial charge in [-0.2, -0.15) is 0 Å². The summed E-state index contributed by atoms with van der Waals surface area (Å²) >= 11 is 12.2. The van der Waals surface area contributed by atoms with Crippen LogP contribution in [0.4, 0.5) is 0 Å². The molecule has 0 aliphatic heterocycles. The Morgan fingerprint density at radius 2 is 2.08 bits per heavy atom. The van der Waals surface area contributed by atoms with E-state index >= 15 is 0 Å². The van der Waals surface area contributed by atoms with Crippen LogP contribution in [0.25, 0.3) is 0 Å². The molecule has 128 valence electrons. The number of ether oxygens (including phenoxy) is 1. The number of aliphatic imine (C=N–C) groups is 1. The van der Waals surface area contributed by atoms with E-state index in [2.05, 4.69) is 20.6 Å². The monoisotopic (exact) mass is 366 g/mol. The van der Waals surface area contributed by atoms with E-state index in [-0.39, 0.29) is 6.04 Å². The first-order valence-corrected chi connectivity index (χ1v) is 8.20. The molecule has 0 radical (unpaired) electrons. The minimum absolute atomic E-state index is 0.0204. The maximum Gasteiger partial charge on any atom is 0.213 e. The number of methoxy groups -OCH3 is 1. The normalized spacial score (nSPS) is 12.6. The number of pyridine rings is 1. The molecule has 1 aromatic heterocycles. The molecule has 0 fully saturated rings. The van der Waals surface area contributed by atoms with Gasteiger partial charge in [-0.3, -0.25) is 4.99 Å². The quantitative estimate of drug-likeness (QED) is 0.623. The molecule has 7 heteroatoms. The van der Waals surface area contributed by atoms with Crippen LogP contribution in [0.2, 0.25) is 10.0 Å². The molecule has 0 saturated heterocycles. The molecule has 1 aromatic carbocycles. The van der Waals surface area contributed by atoms with Gasteiger partial charge in [0.2, 0.25) is 5.88 Å². The van der Waals surface area contributed by atoms with Gasteiger partial charge in [-0.1, -0.05) is 29.3 Å². The van der Waals surface area contributed by atoms with Gasteiger partial charge >= 0.3 is 0 Å². The molecular formula is C17H20Cl2N4O. The van der Waals surface area contributed by atoms with Crippen LogP contribution >= 0.6 is 23.2 Å². The standard InChI is InChI=1S/C17H20Cl2N4O/c1-11(14-5-4-13(18)9-15(14)19)23-17(20-2)22-10-12-6-7-21-16(8-12)24-3/h4-9,11H,10H2,1-3H3,(H2,20,22,23). The average Bonchev–Trinajstić information content (AvgIpc) is 2.58. The van der Waals surface area contributed by atoms with E-state index in [4.69, 9.17) is 27.9 Å². The van der Waals surface area contributed by atoms with Gasteiger partial charge in [-0.25, -0.2) is 4.98 Å². The summed E-state index contributed by atoms with van der Waals surface area (Å²) < 4.78 is 5.12. The molecule has 2 N–H and O–H groups in total. The Kier molecular flexibility index (Phi) is 6.70. The lowest BCUT2D eigenvalue weighted by Gasteiger charge is -2.19. The number of aromatic nitrogens is 1. The lowest BCUT2D eigenvalue weighted by atomic mass is 10.1. The Balaban J connectivity index is 1.98. The molecule has 2 aromatic rings. The third kappa shape index (κ3) is 5.01. The van der Waals surface area contributed by atoms with Gasteiger partial charge in [0.1, 0.15) is 0 Å². The van der Waals surface area contributed by atoms with E-state index in [0.717, 1.165) is 11.1 Å². The number of halogens is 2. The van der Waals surface area contributed by atoms with Crippen LogP contribution in [0, 0.1) is 0 Å². The van der Waals surface area contributed by atoms with Crippen molar-refractivity contribution in [2.75, 3.05) is 14.2 Å². The summed E-state index contributed by atoms with van der Waals surface area (Å²) in [6, 6.07) is 9.23. The zero-order chi connectivity index (χ0) is 17.5. The van der Waals surface area contributed by atoms with E-state index in [0.29, 0.717) is 28.4 Å². The number of guanidine groups is 1. The van der Waals surface area contributed by atoms with Crippen LogP contribution in [0.15, 0.2) is 41.5 Å². The molecule has 0 aliphatic carbocycles. The molecule has 5 nitrogen and oxygen atoms in total. The van der Waals surface area contributed by atoms with Gasteiger partial charge in [-0.15, -0.1) is 0 Å². The van der Waals surface area contributed by atoms with Gasteiger partial charge in [0.15, 0.2) is 5.96 Å². The average molecular weight is 367 g/mol. The van der Waals surface area contributed by atoms with Crippen molar-refractivity contribution in [1.29, 1.82) is 0 Å². The lowest BCUT2D eigenvalue weighted by molar-refractivity contribution is 0.397. The van der Waals surface area contributed by atoms with Gasteiger partial charge in [0.25, 0.3) is 0 Å². The molecule has 0 bridgehead atoms. The Morgan fingerprint density at radius 3 is 2.75 bits per heavy atom. The van der Waals surface area contributed by atoms with Crippen LogP contribution in [0.5, 0.6) is 5.88 Å². The van der Waals surface area contributed by atoms with Crippen molar-refractivity contribution in [2.24, 2.45) is 4.99 Å². The van der Waals surface area contributed by atoms with E-state index in [1.807, 2.05) is 31.2 Å². The summed E-state index contributed by atoms with van der Waals surface area (Å²) in [4.78, 5) is 8.33. The summed E-state index contributed by atoms with van der Waals surface area (Å²) in [7, 11) is 3.32. The third-order valence-electron chi connectivity index (χ3n) is 3.47. The van der Waals surface area contributed by atoms with E-state index < -0.39 is 0 Å². The third-order valence-corrected chi connectivity index (χ3v) is 4.04. The minimum atomic E-state index is -0.0204. The highest BCUT2D eigenvalue weighted by Gasteiger charge is 2.11. The number of nitrogens with zero attached hydrogens (tertiary/aromatic N) is 2. The van der Waals surface area contributed by atoms with Crippen LogP contribution in [-0.2, 0) is 6.54 Å². The zero-order valence-corrected chi connectivity index (χ0v) is 15.3. The highest BCUT2D eigenvalue weighted by atomic mass is 35.5. The maximum absolute atomic E-state index is 6.25. The summed E-state index contributed by atoms with van der Waals surface area (Å²) in [5.41, 5.74) is 2.00. The minimum Gasteiger partial charge on any atom is -0.481 e. The van der Waals surface area contributed by atoms with Gasteiger partial charge in [0, 0.05) is 35.9 Å². The molecule has 0 saturated carbocycles. The van der Waals surface area contributed by atoms with Crippen LogP contribution in [0.1, 0.15) is 24.1 Å². The van der Waals surface area contributed by atoms with Gasteiger partial charge in [-0.05, 0) is 36.2 Å². The predicted octanol–water partition coefficient (Wildman–Crippen LogP) is 3.82. The second kappa shape index (κ2) is 8.76. The van der Waals surface area contributed by atoms with E-state index in [9.17, 15) is 0 Å². The van der Waals surface area contributed by atoms with Gasteiger partial charge in [0.05, 0.1) is 13.2 Å². The first-order valence-electron chi connectivity index (χ1n) is 7.44. The second-order valence-corrected chi connectivity index (χ2v) is 6.01.